The molecule has 7 aromatic rings. The van der Waals surface area contributed by atoms with Crippen LogP contribution in [0.15, 0.2) is 122 Å². The molecule has 0 saturated carbocycles. The second kappa shape index (κ2) is 14.1. The molecule has 6 heteroatoms. The maximum absolute atomic E-state index is 6.53. The van der Waals surface area contributed by atoms with E-state index in [2.05, 4.69) is 118 Å². The zero-order valence-electron chi connectivity index (χ0n) is 29.2. The van der Waals surface area contributed by atoms with E-state index in [1.54, 1.807) is 0 Å². The van der Waals surface area contributed by atoms with Crippen LogP contribution in [-0.2, 0) is 20.1 Å². The van der Waals surface area contributed by atoms with E-state index in [0.29, 0.717) is 0 Å². The second-order valence-corrected chi connectivity index (χ2v) is 13.1. The van der Waals surface area contributed by atoms with Crippen LogP contribution in [0.25, 0.3) is 33.6 Å². The molecule has 2 aliphatic heterocycles. The van der Waals surface area contributed by atoms with Crippen molar-refractivity contribution in [2.24, 2.45) is 0 Å². The van der Waals surface area contributed by atoms with Crippen LogP contribution >= 0.6 is 0 Å². The Hall–Kier alpha value is -5.29. The topological polar surface area (TPSA) is 44.2 Å². The van der Waals surface area contributed by atoms with Crippen molar-refractivity contribution in [3.63, 3.8) is 0 Å². The molecule has 0 unspecified atom stereocenters. The Labute approximate surface area is 314 Å². The second-order valence-electron chi connectivity index (χ2n) is 13.1. The summed E-state index contributed by atoms with van der Waals surface area (Å²) in [5.41, 5.74) is 15.7. The van der Waals surface area contributed by atoms with Crippen LogP contribution < -0.4 is 25.9 Å². The first kappa shape index (κ1) is 34.2. The molecule has 0 spiro atoms. The number of pyridine rings is 2. The Kier molecular flexibility index (Phi) is 9.48. The van der Waals surface area contributed by atoms with Crippen molar-refractivity contribution in [3.05, 3.63) is 162 Å². The summed E-state index contributed by atoms with van der Waals surface area (Å²) in [7, 11) is 0. The number of rotatable bonds is 3. The minimum absolute atomic E-state index is 0. The van der Waals surface area contributed by atoms with Gasteiger partial charge in [-0.1, -0.05) is 78.7 Å². The van der Waals surface area contributed by atoms with Gasteiger partial charge in [0.2, 0.25) is 6.71 Å². The molecular weight excluding hydrogens is 804 g/mol. The predicted octanol–water partition coefficient (Wildman–Crippen LogP) is 9.03. The summed E-state index contributed by atoms with van der Waals surface area (Å²) in [6, 6.07) is 43.8. The number of aryl methyl sites for hydroxylation is 5. The van der Waals surface area contributed by atoms with Crippen LogP contribution in [0.4, 0.5) is 0 Å². The fourth-order valence-corrected chi connectivity index (χ4v) is 6.93. The smallest absolute Gasteiger partial charge is 0.241 e. The van der Waals surface area contributed by atoms with Gasteiger partial charge in [-0.3, -0.25) is 0 Å². The summed E-state index contributed by atoms with van der Waals surface area (Å²) in [5.74, 6) is 3.37. The van der Waals surface area contributed by atoms with E-state index < -0.39 is 0 Å². The first-order chi connectivity index (χ1) is 24.4. The Bertz CT molecular complexity index is 2370. The van der Waals surface area contributed by atoms with Gasteiger partial charge < -0.3 is 19.4 Å². The third-order valence-corrected chi connectivity index (χ3v) is 9.67. The molecule has 0 saturated heterocycles. The molecule has 5 aromatic carbocycles. The Balaban J connectivity index is 0.000000214. The Morgan fingerprint density at radius 2 is 1.31 bits per heavy atom. The number of hydrogen-bond acceptors (Lipinski definition) is 4. The van der Waals surface area contributed by atoms with Gasteiger partial charge in [0.05, 0.1) is 0 Å². The van der Waals surface area contributed by atoms with E-state index in [-0.39, 0.29) is 26.8 Å². The first-order valence-corrected chi connectivity index (χ1v) is 16.9. The number of aromatic nitrogens is 2. The third kappa shape index (κ3) is 6.42. The van der Waals surface area contributed by atoms with Crippen molar-refractivity contribution in [3.8, 4) is 56.6 Å². The van der Waals surface area contributed by atoms with E-state index in [1.807, 2.05) is 54.9 Å². The van der Waals surface area contributed by atoms with E-state index in [1.165, 1.54) is 33.4 Å². The van der Waals surface area contributed by atoms with Crippen LogP contribution in [0, 0.1) is 46.8 Å². The van der Waals surface area contributed by atoms with Crippen LogP contribution in [0.5, 0.6) is 23.0 Å². The number of ether oxygens (including phenoxy) is 2. The molecule has 0 aliphatic carbocycles. The normalized spacial score (nSPS) is 11.7. The summed E-state index contributed by atoms with van der Waals surface area (Å²) in [6.45, 7) is 10.6. The molecule has 1 radical (unpaired) electrons. The zero-order chi connectivity index (χ0) is 34.4. The summed E-state index contributed by atoms with van der Waals surface area (Å²) >= 11 is 0. The van der Waals surface area contributed by atoms with Gasteiger partial charge in [0.25, 0.3) is 0 Å². The molecule has 0 bridgehead atoms. The van der Waals surface area contributed by atoms with E-state index >= 15 is 0 Å². The zero-order valence-corrected chi connectivity index (χ0v) is 31.6. The number of nitrogens with zero attached hydrogens (tertiary/aromatic N) is 2. The summed E-state index contributed by atoms with van der Waals surface area (Å²) < 4.78 is 12.8. The van der Waals surface area contributed by atoms with Gasteiger partial charge in [-0.2, -0.15) is 0 Å². The SMILES string of the molecule is Cc1c[c-]c(-c2cc(C)c(C)cn2)cc1.Cc1cccc(C)c1-c1ccc(-c2[c-]ccc3c2Oc2cccc4c2B3c2ccccc2O4)nc1.[Ir]. The molecule has 51 heavy (non-hydrogen) atoms. The molecule has 0 amide bonds. The van der Waals surface area contributed by atoms with Crippen molar-refractivity contribution in [2.75, 3.05) is 0 Å². The minimum atomic E-state index is 0. The molecule has 0 atom stereocenters. The van der Waals surface area contributed by atoms with Gasteiger partial charge in [-0.25, -0.2) is 0 Å². The van der Waals surface area contributed by atoms with Gasteiger partial charge in [0.1, 0.15) is 17.2 Å². The fraction of sp³-hybridized carbons (Fsp3) is 0.111. The van der Waals surface area contributed by atoms with Gasteiger partial charge in [-0.15, -0.1) is 59.1 Å². The molecule has 0 fully saturated rings. The van der Waals surface area contributed by atoms with Crippen LogP contribution in [0.2, 0.25) is 0 Å². The number of benzene rings is 5. The standard InChI is InChI=1S/C31H21BNO2.C14H14N.Ir/c1-19-8-5-9-20(2)29(19)21-16-17-25(33-18-21)22-10-6-12-24-31(22)35-28-15-7-14-27-30(28)32(24)23-11-3-4-13-26(23)34-27;1-10-4-6-13(7-5-10)14-8-11(2)12(3)9-15-14;/h3-9,11-18H,1-2H3;4-6,8-9H,1-3H3;/q2*-1;. The largest absolute Gasteiger partial charge is 0.503 e. The summed E-state index contributed by atoms with van der Waals surface area (Å²) in [4.78, 5) is 9.27. The average Bonchev–Trinajstić information content (AvgIpc) is 3.13. The van der Waals surface area contributed by atoms with Gasteiger partial charge in [0, 0.05) is 43.7 Å². The minimum Gasteiger partial charge on any atom is -0.503 e. The summed E-state index contributed by atoms with van der Waals surface area (Å²) in [5, 5.41) is 0. The monoisotopic (exact) mass is 839 g/mol. The molecule has 0 N–H and O–H groups in total. The van der Waals surface area contributed by atoms with Crippen LogP contribution in [0.3, 0.4) is 0 Å². The third-order valence-electron chi connectivity index (χ3n) is 9.67. The molecule has 4 heterocycles. The number of fused-ring (bicyclic) bond motifs is 4. The number of para-hydroxylation sites is 1. The van der Waals surface area contributed by atoms with E-state index in [0.717, 1.165) is 67.5 Å². The van der Waals surface area contributed by atoms with Crippen molar-refractivity contribution in [1.29, 1.82) is 0 Å². The molecule has 4 nitrogen and oxygen atoms in total. The van der Waals surface area contributed by atoms with Crippen molar-refractivity contribution in [1.82, 2.24) is 9.97 Å². The van der Waals surface area contributed by atoms with E-state index in [4.69, 9.17) is 14.5 Å². The Morgan fingerprint density at radius 1 is 0.588 bits per heavy atom. The van der Waals surface area contributed by atoms with Crippen molar-refractivity contribution < 1.29 is 29.6 Å². The fourth-order valence-electron chi connectivity index (χ4n) is 6.93. The molecule has 9 rings (SSSR count). The van der Waals surface area contributed by atoms with Gasteiger partial charge >= 0.3 is 0 Å². The molecule has 251 valence electrons. The average molecular weight is 839 g/mol. The molecular formula is C45H35BIrN2O2-2. The maximum atomic E-state index is 6.53. The summed E-state index contributed by atoms with van der Waals surface area (Å²) in [6.07, 6.45) is 3.87. The quantitative estimate of drug-likeness (QED) is 0.132. The Morgan fingerprint density at radius 3 is 2.04 bits per heavy atom. The van der Waals surface area contributed by atoms with Crippen molar-refractivity contribution in [2.45, 2.75) is 34.6 Å². The van der Waals surface area contributed by atoms with Crippen LogP contribution in [0.1, 0.15) is 27.8 Å². The van der Waals surface area contributed by atoms with Crippen LogP contribution in [-0.4, -0.2) is 16.7 Å². The first-order valence-electron chi connectivity index (χ1n) is 16.9. The number of hydrogen-bond donors (Lipinski definition) is 0. The van der Waals surface area contributed by atoms with Gasteiger partial charge in [0.15, 0.2) is 0 Å². The molecule has 2 aromatic heterocycles. The predicted molar refractivity (Wildman–Crippen MR) is 204 cm³/mol. The molecule has 2 aliphatic rings. The van der Waals surface area contributed by atoms with Crippen molar-refractivity contribution >= 4 is 23.1 Å². The maximum Gasteiger partial charge on any atom is 0.241 e. The van der Waals surface area contributed by atoms with Gasteiger partial charge in [-0.05, 0) is 90.6 Å². The van der Waals surface area contributed by atoms with E-state index in [9.17, 15) is 0 Å².